The molecule has 1 unspecified atom stereocenters. The second-order valence-corrected chi connectivity index (χ2v) is 4.94. The topological polar surface area (TPSA) is 43.8 Å². The molecule has 0 aliphatic heterocycles. The molecule has 1 fully saturated rings. The summed E-state index contributed by atoms with van der Waals surface area (Å²) in [6.45, 7) is 6.31. The fourth-order valence-corrected chi connectivity index (χ4v) is 1.88. The number of hydrogen-bond acceptors (Lipinski definition) is 2. The number of aromatic nitrogens is 2. The molecule has 1 aromatic rings. The Morgan fingerprint density at radius 1 is 1.57 bits per heavy atom. The van der Waals surface area contributed by atoms with Gasteiger partial charge in [0, 0.05) is 0 Å². The minimum absolute atomic E-state index is 0.341. The zero-order valence-electron chi connectivity index (χ0n) is 8.84. The van der Waals surface area contributed by atoms with Crippen LogP contribution < -0.4 is 5.73 Å². The summed E-state index contributed by atoms with van der Waals surface area (Å²) in [5.41, 5.74) is 7.09. The van der Waals surface area contributed by atoms with Gasteiger partial charge in [-0.25, -0.2) is 4.68 Å². The minimum atomic E-state index is 0.341. The maximum Gasteiger partial charge on any atom is 0.141 e. The number of nitrogens with two attached hydrogens (primary N) is 1. The van der Waals surface area contributed by atoms with Crippen molar-refractivity contribution in [1.29, 1.82) is 0 Å². The van der Waals surface area contributed by atoms with E-state index < -0.39 is 0 Å². The summed E-state index contributed by atoms with van der Waals surface area (Å²) < 4.78 is 1.87. The van der Waals surface area contributed by atoms with Gasteiger partial charge in [0.15, 0.2) is 0 Å². The Kier molecular flexibility index (Phi) is 2.03. The lowest BCUT2D eigenvalue weighted by Crippen LogP contribution is -2.18. The molecule has 1 aliphatic carbocycles. The van der Waals surface area contributed by atoms with Gasteiger partial charge in [-0.1, -0.05) is 18.5 Å². The normalized spacial score (nSPS) is 20.9. The monoisotopic (exact) mass is 213 g/mol. The maximum atomic E-state index is 6.00. The second-order valence-electron chi connectivity index (χ2n) is 4.56. The van der Waals surface area contributed by atoms with E-state index in [1.807, 2.05) is 11.6 Å². The first kappa shape index (κ1) is 9.84. The fraction of sp³-hybridized carbons (Fsp3) is 0.700. The first-order chi connectivity index (χ1) is 6.46. The molecular weight excluding hydrogens is 198 g/mol. The lowest BCUT2D eigenvalue weighted by Gasteiger charge is -2.20. The highest BCUT2D eigenvalue weighted by molar-refractivity contribution is 6.33. The molecule has 3 nitrogen and oxygen atoms in total. The van der Waals surface area contributed by atoms with Gasteiger partial charge in [0.25, 0.3) is 0 Å². The van der Waals surface area contributed by atoms with E-state index in [-0.39, 0.29) is 0 Å². The molecule has 0 bridgehead atoms. The highest BCUT2D eigenvalue weighted by atomic mass is 35.5. The van der Waals surface area contributed by atoms with Gasteiger partial charge >= 0.3 is 0 Å². The number of halogens is 1. The molecule has 1 aromatic heterocycles. The second kappa shape index (κ2) is 2.89. The summed E-state index contributed by atoms with van der Waals surface area (Å²) in [4.78, 5) is 0. The van der Waals surface area contributed by atoms with Crippen LogP contribution in [0.2, 0.25) is 5.02 Å². The van der Waals surface area contributed by atoms with E-state index in [4.69, 9.17) is 17.3 Å². The van der Waals surface area contributed by atoms with E-state index in [2.05, 4.69) is 18.9 Å². The smallest absolute Gasteiger partial charge is 0.141 e. The first-order valence-electron chi connectivity index (χ1n) is 4.96. The summed E-state index contributed by atoms with van der Waals surface area (Å²) in [7, 11) is 0. The molecule has 1 saturated carbocycles. The summed E-state index contributed by atoms with van der Waals surface area (Å²) in [5.74, 6) is 0.602. The minimum Gasteiger partial charge on any atom is -0.383 e. The quantitative estimate of drug-likeness (QED) is 0.821. The molecular formula is C10H16ClN3. The first-order valence-corrected chi connectivity index (χ1v) is 5.33. The Bertz CT molecular complexity index is 366. The van der Waals surface area contributed by atoms with E-state index in [0.29, 0.717) is 22.3 Å². The molecule has 1 atom stereocenters. The van der Waals surface area contributed by atoms with Crippen molar-refractivity contribution in [2.75, 3.05) is 5.73 Å². The van der Waals surface area contributed by atoms with Crippen LogP contribution >= 0.6 is 11.6 Å². The van der Waals surface area contributed by atoms with E-state index >= 15 is 0 Å². The van der Waals surface area contributed by atoms with Crippen molar-refractivity contribution in [1.82, 2.24) is 9.78 Å². The molecule has 78 valence electrons. The van der Waals surface area contributed by atoms with Crippen molar-refractivity contribution >= 4 is 17.4 Å². The van der Waals surface area contributed by atoms with Crippen molar-refractivity contribution in [2.24, 2.45) is 5.41 Å². The van der Waals surface area contributed by atoms with Gasteiger partial charge in [-0.15, -0.1) is 0 Å². The van der Waals surface area contributed by atoms with Crippen molar-refractivity contribution in [3.63, 3.8) is 0 Å². The average molecular weight is 214 g/mol. The van der Waals surface area contributed by atoms with Gasteiger partial charge in [0.2, 0.25) is 0 Å². The molecule has 1 heterocycles. The number of hydrogen-bond donors (Lipinski definition) is 1. The van der Waals surface area contributed by atoms with Crippen LogP contribution in [0.5, 0.6) is 0 Å². The largest absolute Gasteiger partial charge is 0.383 e. The van der Waals surface area contributed by atoms with Crippen LogP contribution in [0.15, 0.2) is 0 Å². The van der Waals surface area contributed by atoms with E-state index in [1.54, 1.807) is 0 Å². The highest BCUT2D eigenvalue weighted by Gasteiger charge is 2.44. The average Bonchev–Trinajstić information content (AvgIpc) is 2.85. The fourth-order valence-electron chi connectivity index (χ4n) is 1.75. The number of nitrogen functional groups attached to an aromatic ring is 1. The zero-order chi connectivity index (χ0) is 10.5. The van der Waals surface area contributed by atoms with Gasteiger partial charge in [0.05, 0.1) is 11.7 Å². The third-order valence-electron chi connectivity index (χ3n) is 3.46. The van der Waals surface area contributed by atoms with Crippen molar-refractivity contribution in [3.8, 4) is 0 Å². The summed E-state index contributed by atoms with van der Waals surface area (Å²) in [6, 6.07) is 0.341. The van der Waals surface area contributed by atoms with Gasteiger partial charge < -0.3 is 5.73 Å². The molecule has 14 heavy (non-hydrogen) atoms. The Morgan fingerprint density at radius 2 is 2.14 bits per heavy atom. The zero-order valence-corrected chi connectivity index (χ0v) is 9.60. The standard InChI is InChI=1S/C10H16ClN3/c1-6-8(11)9(12)14(13-6)7(2)10(3)4-5-10/h7H,4-5,12H2,1-3H3. The summed E-state index contributed by atoms with van der Waals surface area (Å²) in [5, 5.41) is 4.97. The molecule has 0 aromatic carbocycles. The number of rotatable bonds is 2. The van der Waals surface area contributed by atoms with Crippen LogP contribution in [-0.2, 0) is 0 Å². The van der Waals surface area contributed by atoms with Gasteiger partial charge in [-0.05, 0) is 32.1 Å². The molecule has 2 rings (SSSR count). The Balaban J connectivity index is 2.36. The molecule has 4 heteroatoms. The van der Waals surface area contributed by atoms with Crippen LogP contribution in [0.3, 0.4) is 0 Å². The molecule has 0 amide bonds. The van der Waals surface area contributed by atoms with Crippen LogP contribution in [0.25, 0.3) is 0 Å². The van der Waals surface area contributed by atoms with Gasteiger partial charge in [-0.2, -0.15) is 5.10 Å². The van der Waals surface area contributed by atoms with E-state index in [1.165, 1.54) is 12.8 Å². The predicted octanol–water partition coefficient (Wildman–Crippen LogP) is 2.79. The number of anilines is 1. The number of aryl methyl sites for hydroxylation is 1. The van der Waals surface area contributed by atoms with Crippen LogP contribution in [0.4, 0.5) is 5.82 Å². The van der Waals surface area contributed by atoms with E-state index in [9.17, 15) is 0 Å². The van der Waals surface area contributed by atoms with Crippen molar-refractivity contribution in [3.05, 3.63) is 10.7 Å². The Hall–Kier alpha value is -0.700. The molecule has 0 radical (unpaired) electrons. The lowest BCUT2D eigenvalue weighted by molar-refractivity contribution is 0.334. The predicted molar refractivity (Wildman–Crippen MR) is 58.4 cm³/mol. The summed E-state index contributed by atoms with van der Waals surface area (Å²) >= 11 is 6.00. The molecule has 2 N–H and O–H groups in total. The molecule has 0 spiro atoms. The SMILES string of the molecule is Cc1nn(C(C)C2(C)CC2)c(N)c1Cl. The van der Waals surface area contributed by atoms with Gasteiger partial charge in [-0.3, -0.25) is 0 Å². The van der Waals surface area contributed by atoms with Crippen LogP contribution in [0, 0.1) is 12.3 Å². The Morgan fingerprint density at radius 3 is 2.50 bits per heavy atom. The third kappa shape index (κ3) is 1.31. The molecule has 0 saturated heterocycles. The van der Waals surface area contributed by atoms with Crippen molar-refractivity contribution < 1.29 is 0 Å². The van der Waals surface area contributed by atoms with Crippen molar-refractivity contribution in [2.45, 2.75) is 39.7 Å². The van der Waals surface area contributed by atoms with Crippen LogP contribution in [-0.4, -0.2) is 9.78 Å². The highest BCUT2D eigenvalue weighted by Crippen LogP contribution is 2.54. The lowest BCUT2D eigenvalue weighted by atomic mass is 10.0. The number of nitrogens with zero attached hydrogens (tertiary/aromatic N) is 2. The summed E-state index contributed by atoms with van der Waals surface area (Å²) in [6.07, 6.45) is 2.51. The van der Waals surface area contributed by atoms with Gasteiger partial charge in [0.1, 0.15) is 10.8 Å². The maximum absolute atomic E-state index is 6.00. The Labute approximate surface area is 89.2 Å². The van der Waals surface area contributed by atoms with Crippen LogP contribution in [0.1, 0.15) is 38.4 Å². The third-order valence-corrected chi connectivity index (χ3v) is 3.93. The van der Waals surface area contributed by atoms with E-state index in [0.717, 1.165) is 5.69 Å². The molecule has 1 aliphatic rings.